The molecule has 3 aromatic rings. The second-order valence-corrected chi connectivity index (χ2v) is 9.57. The first kappa shape index (κ1) is 27.1. The molecule has 198 valence electrons. The van der Waals surface area contributed by atoms with Gasteiger partial charge in [0, 0.05) is 5.69 Å². The smallest absolute Gasteiger partial charge is 0.300 e. The Morgan fingerprint density at radius 3 is 2.24 bits per heavy atom. The zero-order chi connectivity index (χ0) is 27.6. The van der Waals surface area contributed by atoms with E-state index in [4.69, 9.17) is 25.8 Å². The molecule has 1 aliphatic heterocycles. The standard InChI is InChI=1S/C30H30ClNO6/c1-6-37-21-13-9-20(10-14-21)32-26(19-7-11-22(12-8-19)38-17(2)3)25(28(34)30(32)35)27(33)23-15-18(4)16-24(31)29(23)36-5/h7-17,26,33H,6H2,1-5H3/b27-25+. The van der Waals surface area contributed by atoms with Crippen molar-refractivity contribution in [3.63, 3.8) is 0 Å². The number of aryl methyl sites for hydroxylation is 1. The molecule has 0 bridgehead atoms. The fraction of sp³-hybridized carbons (Fsp3) is 0.267. The van der Waals surface area contributed by atoms with Gasteiger partial charge in [-0.3, -0.25) is 14.5 Å². The van der Waals surface area contributed by atoms with Gasteiger partial charge in [-0.25, -0.2) is 0 Å². The highest BCUT2D eigenvalue weighted by Gasteiger charge is 2.47. The molecule has 4 rings (SSSR count). The molecule has 0 aromatic heterocycles. The maximum atomic E-state index is 13.5. The first-order valence-corrected chi connectivity index (χ1v) is 12.7. The number of carbonyl (C=O) groups is 2. The number of Topliss-reactive ketones (excluding diaryl/α,β-unsaturated/α-hetero) is 1. The molecule has 0 saturated carbocycles. The Bertz CT molecular complexity index is 1380. The van der Waals surface area contributed by atoms with Crippen LogP contribution >= 0.6 is 11.6 Å². The summed E-state index contributed by atoms with van der Waals surface area (Å²) >= 11 is 6.38. The molecular weight excluding hydrogens is 506 g/mol. The van der Waals surface area contributed by atoms with E-state index in [-0.39, 0.29) is 33.8 Å². The molecule has 7 nitrogen and oxygen atoms in total. The highest BCUT2D eigenvalue weighted by atomic mass is 35.5. The zero-order valence-corrected chi connectivity index (χ0v) is 22.7. The van der Waals surface area contributed by atoms with Gasteiger partial charge in [-0.2, -0.15) is 0 Å². The maximum Gasteiger partial charge on any atom is 0.300 e. The summed E-state index contributed by atoms with van der Waals surface area (Å²) in [7, 11) is 1.43. The number of hydrogen-bond donors (Lipinski definition) is 1. The molecule has 38 heavy (non-hydrogen) atoms. The molecule has 1 N–H and O–H groups in total. The van der Waals surface area contributed by atoms with Gasteiger partial charge in [-0.05, 0) is 87.4 Å². The molecule has 0 radical (unpaired) electrons. The largest absolute Gasteiger partial charge is 0.507 e. The molecule has 1 unspecified atom stereocenters. The number of nitrogens with zero attached hydrogens (tertiary/aromatic N) is 1. The van der Waals surface area contributed by atoms with Crippen LogP contribution in [0.2, 0.25) is 5.02 Å². The number of ether oxygens (including phenoxy) is 3. The van der Waals surface area contributed by atoms with Crippen molar-refractivity contribution in [2.75, 3.05) is 18.6 Å². The van der Waals surface area contributed by atoms with Gasteiger partial charge in [-0.1, -0.05) is 23.7 Å². The van der Waals surface area contributed by atoms with Crippen LogP contribution in [0.3, 0.4) is 0 Å². The number of hydrogen-bond acceptors (Lipinski definition) is 6. The van der Waals surface area contributed by atoms with E-state index < -0.39 is 17.7 Å². The van der Waals surface area contributed by atoms with Crippen molar-refractivity contribution in [1.82, 2.24) is 0 Å². The third-order valence-corrected chi connectivity index (χ3v) is 6.37. The van der Waals surface area contributed by atoms with Gasteiger partial charge in [0.05, 0.1) is 42.0 Å². The Kier molecular flexibility index (Phi) is 7.97. The van der Waals surface area contributed by atoms with Crippen molar-refractivity contribution in [3.8, 4) is 17.2 Å². The van der Waals surface area contributed by atoms with E-state index in [1.165, 1.54) is 12.0 Å². The summed E-state index contributed by atoms with van der Waals surface area (Å²) in [6.07, 6.45) is -0.0196. The molecule has 1 atom stereocenters. The number of ketones is 1. The van der Waals surface area contributed by atoms with Crippen molar-refractivity contribution in [3.05, 3.63) is 87.9 Å². The van der Waals surface area contributed by atoms with E-state index in [1.54, 1.807) is 60.7 Å². The van der Waals surface area contributed by atoms with Crippen molar-refractivity contribution >= 4 is 34.7 Å². The fourth-order valence-electron chi connectivity index (χ4n) is 4.54. The van der Waals surface area contributed by atoms with Gasteiger partial charge in [0.1, 0.15) is 23.0 Å². The minimum atomic E-state index is -0.912. The monoisotopic (exact) mass is 535 g/mol. The van der Waals surface area contributed by atoms with E-state index in [9.17, 15) is 14.7 Å². The van der Waals surface area contributed by atoms with Gasteiger partial charge in [-0.15, -0.1) is 0 Å². The number of rotatable bonds is 8. The number of carbonyl (C=O) groups excluding carboxylic acids is 2. The molecule has 1 saturated heterocycles. The molecule has 1 heterocycles. The summed E-state index contributed by atoms with van der Waals surface area (Å²) in [5.74, 6) is -0.453. The van der Waals surface area contributed by atoms with Crippen LogP contribution in [0, 0.1) is 6.92 Å². The zero-order valence-electron chi connectivity index (χ0n) is 21.9. The Balaban J connectivity index is 1.92. The third-order valence-electron chi connectivity index (χ3n) is 6.09. The fourth-order valence-corrected chi connectivity index (χ4v) is 4.89. The van der Waals surface area contributed by atoms with E-state index in [2.05, 4.69) is 0 Å². The summed E-state index contributed by atoms with van der Waals surface area (Å²) in [6.45, 7) is 8.04. The lowest BCUT2D eigenvalue weighted by Gasteiger charge is -2.26. The van der Waals surface area contributed by atoms with E-state index >= 15 is 0 Å². The van der Waals surface area contributed by atoms with Crippen LogP contribution in [-0.2, 0) is 9.59 Å². The summed E-state index contributed by atoms with van der Waals surface area (Å²) < 4.78 is 16.7. The van der Waals surface area contributed by atoms with Crippen LogP contribution in [0.1, 0.15) is 43.5 Å². The number of amides is 1. The van der Waals surface area contributed by atoms with Crippen molar-refractivity contribution in [1.29, 1.82) is 0 Å². The van der Waals surface area contributed by atoms with Crippen LogP contribution in [0.4, 0.5) is 5.69 Å². The molecule has 1 aliphatic rings. The topological polar surface area (TPSA) is 85.3 Å². The predicted octanol–water partition coefficient (Wildman–Crippen LogP) is 6.47. The third kappa shape index (κ3) is 5.20. The van der Waals surface area contributed by atoms with Gasteiger partial charge in [0.15, 0.2) is 0 Å². The van der Waals surface area contributed by atoms with Crippen LogP contribution in [0.15, 0.2) is 66.2 Å². The average molecular weight is 536 g/mol. The minimum absolute atomic E-state index is 0.0196. The lowest BCUT2D eigenvalue weighted by atomic mass is 9.94. The minimum Gasteiger partial charge on any atom is -0.507 e. The normalized spacial score (nSPS) is 16.7. The molecule has 3 aromatic carbocycles. The second kappa shape index (κ2) is 11.2. The van der Waals surface area contributed by atoms with Gasteiger partial charge in [0.25, 0.3) is 11.7 Å². The molecule has 1 amide bonds. The second-order valence-electron chi connectivity index (χ2n) is 9.16. The predicted molar refractivity (Wildman–Crippen MR) is 147 cm³/mol. The molecule has 0 aliphatic carbocycles. The Hall–Kier alpha value is -3.97. The summed E-state index contributed by atoms with van der Waals surface area (Å²) in [6, 6.07) is 16.5. The number of benzene rings is 3. The van der Waals surface area contributed by atoms with Crippen molar-refractivity contribution in [2.24, 2.45) is 0 Å². The van der Waals surface area contributed by atoms with Crippen LogP contribution < -0.4 is 19.1 Å². The summed E-state index contributed by atoms with van der Waals surface area (Å²) in [4.78, 5) is 28.4. The number of aliphatic hydroxyl groups is 1. The van der Waals surface area contributed by atoms with E-state index in [1.807, 2.05) is 27.7 Å². The highest BCUT2D eigenvalue weighted by molar-refractivity contribution is 6.51. The SMILES string of the molecule is CCOc1ccc(N2C(=O)C(=O)/C(=C(/O)c3cc(C)cc(Cl)c3OC)C2c2ccc(OC(C)C)cc2)cc1. The lowest BCUT2D eigenvalue weighted by Crippen LogP contribution is -2.29. The van der Waals surface area contributed by atoms with E-state index in [0.29, 0.717) is 29.4 Å². The van der Waals surface area contributed by atoms with Gasteiger partial charge >= 0.3 is 0 Å². The quantitative estimate of drug-likeness (QED) is 0.202. The number of halogens is 1. The van der Waals surface area contributed by atoms with Gasteiger partial charge in [0.2, 0.25) is 0 Å². The van der Waals surface area contributed by atoms with Crippen molar-refractivity contribution < 1.29 is 28.9 Å². The lowest BCUT2D eigenvalue weighted by molar-refractivity contribution is -0.132. The van der Waals surface area contributed by atoms with Crippen LogP contribution in [-0.4, -0.2) is 36.6 Å². The number of aliphatic hydroxyl groups excluding tert-OH is 1. The number of methoxy groups -OCH3 is 1. The molecule has 1 fully saturated rings. The van der Waals surface area contributed by atoms with Crippen LogP contribution in [0.25, 0.3) is 5.76 Å². The highest BCUT2D eigenvalue weighted by Crippen LogP contribution is 2.45. The average Bonchev–Trinajstić information content (AvgIpc) is 3.14. The van der Waals surface area contributed by atoms with E-state index in [0.717, 1.165) is 5.56 Å². The van der Waals surface area contributed by atoms with Crippen LogP contribution in [0.5, 0.6) is 17.2 Å². The maximum absolute atomic E-state index is 13.5. The van der Waals surface area contributed by atoms with Gasteiger partial charge < -0.3 is 19.3 Å². The molecular formula is C30H30ClNO6. The van der Waals surface area contributed by atoms with Crippen molar-refractivity contribution in [2.45, 2.75) is 39.8 Å². The first-order chi connectivity index (χ1) is 18.2. The summed E-state index contributed by atoms with van der Waals surface area (Å²) in [5.41, 5.74) is 2.02. The Labute approximate surface area is 227 Å². The summed E-state index contributed by atoms with van der Waals surface area (Å²) in [5, 5.41) is 11.8. The first-order valence-electron chi connectivity index (χ1n) is 12.3. The Morgan fingerprint density at radius 1 is 1.03 bits per heavy atom. The molecule has 0 spiro atoms. The molecule has 8 heteroatoms. The number of anilines is 1. The Morgan fingerprint density at radius 2 is 1.66 bits per heavy atom.